The number of amides is 1. The molecule has 0 radical (unpaired) electrons. The number of benzene rings is 1. The number of hydrogen-bond donors (Lipinski definition) is 3. The number of alkyl halides is 1. The first kappa shape index (κ1) is 20.4. The number of ether oxygens (including phenoxy) is 1. The molecule has 10 heteroatoms. The molecule has 0 saturated heterocycles. The maximum atomic E-state index is 14.2. The Morgan fingerprint density at radius 3 is 2.87 bits per heavy atom. The van der Waals surface area contributed by atoms with E-state index < -0.39 is 22.0 Å². The summed E-state index contributed by atoms with van der Waals surface area (Å²) in [6.45, 7) is 4.75. The molecule has 8 nitrogen and oxygen atoms in total. The number of nitrogens with one attached hydrogen (secondary N) is 2. The number of halogens is 1. The van der Waals surface area contributed by atoms with Gasteiger partial charge in [-0.2, -0.15) is 5.10 Å². The molecule has 0 bridgehead atoms. The minimum absolute atomic E-state index is 0.110. The van der Waals surface area contributed by atoms with Gasteiger partial charge in [-0.1, -0.05) is 19.9 Å². The molecule has 1 unspecified atom stereocenters. The van der Waals surface area contributed by atoms with Crippen LogP contribution in [0.15, 0.2) is 11.0 Å². The summed E-state index contributed by atoms with van der Waals surface area (Å²) in [5.74, 6) is -0.493. The van der Waals surface area contributed by atoms with Gasteiger partial charge >= 0.3 is 0 Å². The second kappa shape index (κ2) is 6.77. The van der Waals surface area contributed by atoms with E-state index in [0.717, 1.165) is 41.5 Å². The first-order valence-corrected chi connectivity index (χ1v) is 12.1. The number of hydrogen-bond acceptors (Lipinski definition) is 5. The topological polar surface area (TPSA) is 123 Å². The van der Waals surface area contributed by atoms with Crippen molar-refractivity contribution in [3.63, 3.8) is 0 Å². The van der Waals surface area contributed by atoms with Gasteiger partial charge in [0, 0.05) is 23.9 Å². The van der Waals surface area contributed by atoms with Crippen LogP contribution in [0.3, 0.4) is 0 Å². The fraction of sp³-hybridized carbons (Fsp3) is 0.524. The van der Waals surface area contributed by atoms with Crippen molar-refractivity contribution >= 4 is 21.5 Å². The molecule has 2 aliphatic carbocycles. The third-order valence-electron chi connectivity index (χ3n) is 6.27. The Morgan fingerprint density at radius 2 is 2.13 bits per heavy atom. The van der Waals surface area contributed by atoms with Crippen molar-refractivity contribution in [1.82, 2.24) is 9.78 Å². The van der Waals surface area contributed by atoms with Gasteiger partial charge in [0.05, 0.1) is 13.2 Å². The van der Waals surface area contributed by atoms with Crippen LogP contribution in [0, 0.1) is 10.2 Å². The van der Waals surface area contributed by atoms with Gasteiger partial charge in [-0.3, -0.25) is 4.79 Å². The van der Waals surface area contributed by atoms with Crippen LogP contribution in [0.1, 0.15) is 53.0 Å². The van der Waals surface area contributed by atoms with E-state index >= 15 is 0 Å². The lowest BCUT2D eigenvalue weighted by molar-refractivity contribution is 0.0967. The van der Waals surface area contributed by atoms with Crippen LogP contribution in [-0.4, -0.2) is 32.7 Å². The van der Waals surface area contributed by atoms with Crippen molar-refractivity contribution in [3.8, 4) is 5.88 Å². The van der Waals surface area contributed by atoms with Gasteiger partial charge in [-0.25, -0.2) is 23.2 Å². The molecular weight excluding hydrogens is 421 g/mol. The van der Waals surface area contributed by atoms with Crippen LogP contribution < -0.4 is 15.2 Å². The largest absolute Gasteiger partial charge is 0.476 e. The van der Waals surface area contributed by atoms with Crippen LogP contribution in [0.5, 0.6) is 5.88 Å². The SMILES string of the molecule is CC1(C)COc2c(S(=N)(N)=O)c(C(=O)Nc3c4c(cc5c3C[C@H](F)C5)CCC4)nn2C1. The van der Waals surface area contributed by atoms with Crippen molar-refractivity contribution in [3.05, 3.63) is 34.0 Å². The summed E-state index contributed by atoms with van der Waals surface area (Å²) in [6, 6.07) is 2.07. The maximum Gasteiger partial charge on any atom is 0.277 e. The quantitative estimate of drug-likeness (QED) is 0.669. The van der Waals surface area contributed by atoms with E-state index in [1.54, 1.807) is 0 Å². The highest BCUT2D eigenvalue weighted by molar-refractivity contribution is 7.90. The van der Waals surface area contributed by atoms with E-state index in [1.807, 2.05) is 13.8 Å². The van der Waals surface area contributed by atoms with Crippen molar-refractivity contribution in [1.29, 1.82) is 4.78 Å². The predicted octanol–water partition coefficient (Wildman–Crippen LogP) is 2.76. The second-order valence-electron chi connectivity index (χ2n) is 9.53. The van der Waals surface area contributed by atoms with E-state index in [4.69, 9.17) is 14.7 Å². The fourth-order valence-corrected chi connectivity index (χ4v) is 5.78. The smallest absolute Gasteiger partial charge is 0.277 e. The lowest BCUT2D eigenvalue weighted by Gasteiger charge is -2.30. The third-order valence-corrected chi connectivity index (χ3v) is 7.24. The molecule has 166 valence electrons. The molecule has 31 heavy (non-hydrogen) atoms. The van der Waals surface area contributed by atoms with Crippen LogP contribution in [0.4, 0.5) is 10.1 Å². The Bertz CT molecular complexity index is 1220. The Balaban J connectivity index is 1.59. The zero-order valence-corrected chi connectivity index (χ0v) is 18.4. The molecule has 5 rings (SSSR count). The summed E-state index contributed by atoms with van der Waals surface area (Å²) >= 11 is 0. The van der Waals surface area contributed by atoms with Crippen LogP contribution >= 0.6 is 0 Å². The molecule has 1 aromatic heterocycles. The zero-order chi connectivity index (χ0) is 22.1. The summed E-state index contributed by atoms with van der Waals surface area (Å²) in [6.07, 6.45) is 2.34. The molecular formula is C21H26FN5O3S. The molecule has 0 fully saturated rings. The number of carbonyl (C=O) groups excluding carboxylic acids is 1. The highest BCUT2D eigenvalue weighted by atomic mass is 32.2. The van der Waals surface area contributed by atoms with Crippen LogP contribution in [0.25, 0.3) is 0 Å². The number of aromatic nitrogens is 2. The maximum absolute atomic E-state index is 14.2. The number of nitrogens with two attached hydrogens (primary N) is 1. The average Bonchev–Trinajstić information content (AvgIpc) is 3.35. The van der Waals surface area contributed by atoms with Gasteiger partial charge in [0.15, 0.2) is 10.6 Å². The average molecular weight is 448 g/mol. The monoisotopic (exact) mass is 447 g/mol. The lowest BCUT2D eigenvalue weighted by atomic mass is 9.94. The highest BCUT2D eigenvalue weighted by Gasteiger charge is 2.37. The molecule has 3 aliphatic rings. The van der Waals surface area contributed by atoms with Gasteiger partial charge in [0.1, 0.15) is 16.1 Å². The Morgan fingerprint density at radius 1 is 1.35 bits per heavy atom. The van der Waals surface area contributed by atoms with E-state index in [0.29, 0.717) is 25.3 Å². The molecule has 2 heterocycles. The number of rotatable bonds is 3. The zero-order valence-electron chi connectivity index (χ0n) is 17.6. The van der Waals surface area contributed by atoms with Crippen molar-refractivity contribution in [2.24, 2.45) is 10.6 Å². The van der Waals surface area contributed by atoms with E-state index in [-0.39, 0.29) is 28.3 Å². The van der Waals surface area contributed by atoms with Crippen LogP contribution in [-0.2, 0) is 42.1 Å². The Hall–Kier alpha value is -2.46. The van der Waals surface area contributed by atoms with E-state index in [1.165, 1.54) is 4.68 Å². The van der Waals surface area contributed by atoms with Crippen LogP contribution in [0.2, 0.25) is 0 Å². The normalized spacial score (nSPS) is 22.8. The molecule has 0 saturated carbocycles. The minimum Gasteiger partial charge on any atom is -0.476 e. The molecule has 4 N–H and O–H groups in total. The Labute approximate surface area is 180 Å². The highest BCUT2D eigenvalue weighted by Crippen LogP contribution is 2.40. The molecule has 1 amide bonds. The Kier molecular flexibility index (Phi) is 4.46. The second-order valence-corrected chi connectivity index (χ2v) is 11.1. The summed E-state index contributed by atoms with van der Waals surface area (Å²) in [7, 11) is -3.77. The van der Waals surface area contributed by atoms with E-state index in [2.05, 4.69) is 16.5 Å². The summed E-state index contributed by atoms with van der Waals surface area (Å²) in [5.41, 5.74) is 4.16. The van der Waals surface area contributed by atoms with Gasteiger partial charge in [0.25, 0.3) is 5.91 Å². The van der Waals surface area contributed by atoms with Gasteiger partial charge < -0.3 is 10.1 Å². The fourth-order valence-electron chi connectivity index (χ4n) is 4.94. The number of carbonyl (C=O) groups is 1. The molecule has 2 atom stereocenters. The van der Waals surface area contributed by atoms with Crippen molar-refractivity contribution in [2.75, 3.05) is 11.9 Å². The predicted molar refractivity (Wildman–Crippen MR) is 114 cm³/mol. The van der Waals surface area contributed by atoms with Crippen molar-refractivity contribution < 1.29 is 18.1 Å². The van der Waals surface area contributed by atoms with E-state index in [9.17, 15) is 13.4 Å². The van der Waals surface area contributed by atoms with Gasteiger partial charge in [0.2, 0.25) is 5.88 Å². The molecule has 1 aromatic carbocycles. The standard InChI is InChI=1S/C21H26FN5O3S/c1-21(2)9-27-20(30-10-21)18(31(23,24)29)17(26-27)19(28)25-16-14-5-3-4-11(14)6-12-7-13(22)8-15(12)16/h6,13H,3-5,7-10H2,1-2H3,(H,25,28)(H3,23,24,29)/t13-/m1/s1. The minimum atomic E-state index is -3.77. The number of aryl methyl sites for hydroxylation is 1. The summed E-state index contributed by atoms with van der Waals surface area (Å²) in [5, 5.41) is 12.9. The first-order chi connectivity index (χ1) is 14.5. The number of anilines is 1. The lowest BCUT2D eigenvalue weighted by Crippen LogP contribution is -2.33. The van der Waals surface area contributed by atoms with Crippen molar-refractivity contribution in [2.45, 2.75) is 63.6 Å². The summed E-state index contributed by atoms with van der Waals surface area (Å²) < 4.78 is 41.9. The summed E-state index contributed by atoms with van der Waals surface area (Å²) in [4.78, 5) is 13.2. The third kappa shape index (κ3) is 3.41. The molecule has 1 aliphatic heterocycles. The molecule has 2 aromatic rings. The number of nitrogens with zero attached hydrogens (tertiary/aromatic N) is 2. The first-order valence-electron chi connectivity index (χ1n) is 10.5. The number of fused-ring (bicyclic) bond motifs is 3. The molecule has 0 spiro atoms. The van der Waals surface area contributed by atoms with Gasteiger partial charge in [-0.05, 0) is 41.5 Å². The van der Waals surface area contributed by atoms with Gasteiger partial charge in [-0.15, -0.1) is 0 Å².